The number of halogens is 1. The fourth-order valence-corrected chi connectivity index (χ4v) is 5.79. The summed E-state index contributed by atoms with van der Waals surface area (Å²) in [5.74, 6) is 0.340. The Balaban J connectivity index is 0.00000243. The molecular weight excluding hydrogens is 378 g/mol. The topological polar surface area (TPSA) is 87.7 Å². The van der Waals surface area contributed by atoms with Crippen LogP contribution in [0.5, 0.6) is 0 Å². The largest absolute Gasteiger partial charge is 0.377 e. The van der Waals surface area contributed by atoms with Crippen LogP contribution in [-0.2, 0) is 19.6 Å². The van der Waals surface area contributed by atoms with Crippen molar-refractivity contribution in [3.8, 4) is 0 Å². The Morgan fingerprint density at radius 1 is 1.15 bits per heavy atom. The summed E-state index contributed by atoms with van der Waals surface area (Å²) in [7, 11) is -3.29. The van der Waals surface area contributed by atoms with Crippen molar-refractivity contribution in [2.45, 2.75) is 57.1 Å². The van der Waals surface area contributed by atoms with E-state index in [1.54, 1.807) is 4.31 Å². The van der Waals surface area contributed by atoms with Crippen molar-refractivity contribution < 1.29 is 17.9 Å². The molecule has 0 aliphatic carbocycles. The number of hydrogen-bond donors (Lipinski definition) is 2. The highest BCUT2D eigenvalue weighted by atomic mass is 35.5. The molecule has 0 bridgehead atoms. The molecule has 3 aliphatic heterocycles. The van der Waals surface area contributed by atoms with Gasteiger partial charge in [0.1, 0.15) is 0 Å². The standard InChI is InChI=1S/C17H31N3O4S.ClH/c21-17(16-7-3-8-18-16)19-11-14-5-4-9-20(12-14)25(22,23)13-15-6-1-2-10-24-15;/h14-16,18H,1-13H2,(H,19,21);1H. The van der Waals surface area contributed by atoms with Crippen molar-refractivity contribution in [3.05, 3.63) is 0 Å². The highest BCUT2D eigenvalue weighted by molar-refractivity contribution is 7.89. The molecule has 3 atom stereocenters. The predicted molar refractivity (Wildman–Crippen MR) is 103 cm³/mol. The van der Waals surface area contributed by atoms with Gasteiger partial charge in [-0.2, -0.15) is 0 Å². The predicted octanol–water partition coefficient (Wildman–Crippen LogP) is 0.887. The third-order valence-corrected chi connectivity index (χ3v) is 7.40. The molecule has 3 heterocycles. The Morgan fingerprint density at radius 2 is 2.00 bits per heavy atom. The Labute approximate surface area is 163 Å². The lowest BCUT2D eigenvalue weighted by atomic mass is 9.99. The Kier molecular flexibility index (Phi) is 8.60. The van der Waals surface area contributed by atoms with Gasteiger partial charge in [0.05, 0.1) is 17.9 Å². The van der Waals surface area contributed by atoms with Crippen LogP contribution in [0.15, 0.2) is 0 Å². The zero-order valence-corrected chi connectivity index (χ0v) is 17.0. The van der Waals surface area contributed by atoms with E-state index in [2.05, 4.69) is 10.6 Å². The highest BCUT2D eigenvalue weighted by Crippen LogP contribution is 2.22. The summed E-state index contributed by atoms with van der Waals surface area (Å²) in [4.78, 5) is 12.1. The smallest absolute Gasteiger partial charge is 0.237 e. The highest BCUT2D eigenvalue weighted by Gasteiger charge is 2.32. The normalized spacial score (nSPS) is 30.5. The minimum Gasteiger partial charge on any atom is -0.377 e. The van der Waals surface area contributed by atoms with Crippen molar-refractivity contribution in [3.63, 3.8) is 0 Å². The van der Waals surface area contributed by atoms with Crippen LogP contribution >= 0.6 is 12.4 Å². The van der Waals surface area contributed by atoms with Crippen LogP contribution in [0.25, 0.3) is 0 Å². The number of carbonyl (C=O) groups excluding carboxylic acids is 1. The fraction of sp³-hybridized carbons (Fsp3) is 0.941. The van der Waals surface area contributed by atoms with Gasteiger partial charge in [-0.05, 0) is 57.4 Å². The molecule has 0 aromatic rings. The summed E-state index contributed by atoms with van der Waals surface area (Å²) in [6.45, 7) is 3.22. The first-order valence-corrected chi connectivity index (χ1v) is 11.3. The molecule has 0 saturated carbocycles. The van der Waals surface area contributed by atoms with Gasteiger partial charge in [-0.1, -0.05) is 0 Å². The minimum atomic E-state index is -3.29. The maximum atomic E-state index is 12.7. The molecule has 152 valence electrons. The van der Waals surface area contributed by atoms with Crippen molar-refractivity contribution in [2.75, 3.05) is 38.5 Å². The summed E-state index contributed by atoms with van der Waals surface area (Å²) in [5.41, 5.74) is 0. The molecule has 26 heavy (non-hydrogen) atoms. The third kappa shape index (κ3) is 6.05. The molecule has 0 aromatic carbocycles. The van der Waals surface area contributed by atoms with Crippen LogP contribution in [-0.4, -0.2) is 69.3 Å². The summed E-state index contributed by atoms with van der Waals surface area (Å²) in [6, 6.07) is -0.0770. The van der Waals surface area contributed by atoms with E-state index < -0.39 is 10.0 Å². The fourth-order valence-electron chi connectivity index (χ4n) is 4.00. The first kappa shape index (κ1) is 21.9. The first-order chi connectivity index (χ1) is 12.0. The van der Waals surface area contributed by atoms with Gasteiger partial charge in [-0.25, -0.2) is 12.7 Å². The maximum absolute atomic E-state index is 12.7. The van der Waals surface area contributed by atoms with E-state index in [0.29, 0.717) is 26.2 Å². The Bertz CT molecular complexity index is 548. The molecule has 2 N–H and O–H groups in total. The van der Waals surface area contributed by atoms with Crippen LogP contribution in [0.3, 0.4) is 0 Å². The third-order valence-electron chi connectivity index (χ3n) is 5.49. The zero-order chi connectivity index (χ0) is 17.7. The monoisotopic (exact) mass is 409 g/mol. The molecule has 1 amide bonds. The second-order valence-corrected chi connectivity index (χ2v) is 9.54. The van der Waals surface area contributed by atoms with Gasteiger partial charge < -0.3 is 15.4 Å². The number of nitrogens with one attached hydrogen (secondary N) is 2. The summed E-state index contributed by atoms with van der Waals surface area (Å²) in [5, 5.41) is 6.19. The van der Waals surface area contributed by atoms with E-state index in [4.69, 9.17) is 4.74 Å². The molecular formula is C17H32ClN3O4S. The summed E-state index contributed by atoms with van der Waals surface area (Å²) >= 11 is 0. The van der Waals surface area contributed by atoms with Gasteiger partial charge in [0.2, 0.25) is 15.9 Å². The van der Waals surface area contributed by atoms with E-state index in [-0.39, 0.29) is 42.1 Å². The summed E-state index contributed by atoms with van der Waals surface area (Å²) < 4.78 is 32.6. The van der Waals surface area contributed by atoms with Crippen LogP contribution in [0.2, 0.25) is 0 Å². The van der Waals surface area contributed by atoms with Gasteiger partial charge >= 0.3 is 0 Å². The molecule has 7 nitrogen and oxygen atoms in total. The van der Waals surface area contributed by atoms with Crippen molar-refractivity contribution >= 4 is 28.3 Å². The van der Waals surface area contributed by atoms with Crippen molar-refractivity contribution in [2.24, 2.45) is 5.92 Å². The Morgan fingerprint density at radius 3 is 2.69 bits per heavy atom. The minimum absolute atomic E-state index is 0. The second kappa shape index (κ2) is 10.2. The van der Waals surface area contributed by atoms with E-state index in [1.807, 2.05) is 0 Å². The number of hydrogen-bond acceptors (Lipinski definition) is 5. The SMILES string of the molecule is Cl.O=C(NCC1CCCN(S(=O)(=O)CC2CCCCO2)C1)C1CCCN1. The molecule has 3 saturated heterocycles. The lowest BCUT2D eigenvalue weighted by Crippen LogP contribution is -2.48. The van der Waals surface area contributed by atoms with Gasteiger partial charge in [0, 0.05) is 26.2 Å². The number of rotatable bonds is 6. The second-order valence-electron chi connectivity index (χ2n) is 7.53. The maximum Gasteiger partial charge on any atom is 0.237 e. The van der Waals surface area contributed by atoms with Gasteiger partial charge in [0.15, 0.2) is 0 Å². The zero-order valence-electron chi connectivity index (χ0n) is 15.3. The van der Waals surface area contributed by atoms with Gasteiger partial charge in [-0.15, -0.1) is 12.4 Å². The molecule has 3 fully saturated rings. The van der Waals surface area contributed by atoms with Gasteiger partial charge in [-0.3, -0.25) is 4.79 Å². The number of nitrogens with zero attached hydrogens (tertiary/aromatic N) is 1. The van der Waals surface area contributed by atoms with Crippen LogP contribution < -0.4 is 10.6 Å². The summed E-state index contributed by atoms with van der Waals surface area (Å²) in [6.07, 6.45) is 6.49. The van der Waals surface area contributed by atoms with E-state index >= 15 is 0 Å². The average molecular weight is 410 g/mol. The molecule has 3 rings (SSSR count). The first-order valence-electron chi connectivity index (χ1n) is 9.65. The molecule has 0 spiro atoms. The molecule has 0 radical (unpaired) electrons. The number of sulfonamides is 1. The van der Waals surface area contributed by atoms with E-state index in [1.165, 1.54) is 0 Å². The van der Waals surface area contributed by atoms with Crippen LogP contribution in [0.1, 0.15) is 44.9 Å². The van der Waals surface area contributed by atoms with E-state index in [9.17, 15) is 13.2 Å². The molecule has 9 heteroatoms. The Hall–Kier alpha value is -0.410. The van der Waals surface area contributed by atoms with E-state index in [0.717, 1.165) is 51.5 Å². The van der Waals surface area contributed by atoms with Crippen molar-refractivity contribution in [1.82, 2.24) is 14.9 Å². The average Bonchev–Trinajstić information content (AvgIpc) is 3.15. The van der Waals surface area contributed by atoms with Crippen molar-refractivity contribution in [1.29, 1.82) is 0 Å². The van der Waals surface area contributed by atoms with Crippen LogP contribution in [0.4, 0.5) is 0 Å². The molecule has 3 unspecified atom stereocenters. The number of carbonyl (C=O) groups is 1. The molecule has 0 aromatic heterocycles. The molecule has 3 aliphatic rings. The number of amides is 1. The lowest BCUT2D eigenvalue weighted by Gasteiger charge is -2.33. The number of piperidine rings is 1. The number of ether oxygens (including phenoxy) is 1. The quantitative estimate of drug-likeness (QED) is 0.680. The lowest BCUT2D eigenvalue weighted by molar-refractivity contribution is -0.123. The van der Waals surface area contributed by atoms with Gasteiger partial charge in [0.25, 0.3) is 0 Å². The van der Waals surface area contributed by atoms with Crippen LogP contribution in [0, 0.1) is 5.92 Å².